The van der Waals surface area contributed by atoms with Crippen molar-refractivity contribution in [2.75, 3.05) is 4.72 Å². The highest BCUT2D eigenvalue weighted by Crippen LogP contribution is 2.31. The first-order valence-corrected chi connectivity index (χ1v) is 10.6. The van der Waals surface area contributed by atoms with Crippen LogP contribution in [0.15, 0.2) is 90.0 Å². The molecule has 146 valence electrons. The first-order valence-electron chi connectivity index (χ1n) is 9.16. The van der Waals surface area contributed by atoms with Crippen LogP contribution in [0.4, 0.5) is 5.69 Å². The lowest BCUT2D eigenvalue weighted by atomic mass is 9.98. The van der Waals surface area contributed by atoms with E-state index in [0.29, 0.717) is 22.3 Å². The highest BCUT2D eigenvalue weighted by molar-refractivity contribution is 7.93. The Morgan fingerprint density at radius 2 is 1.69 bits per heavy atom. The maximum Gasteiger partial charge on any atom is 0.264 e. The molecule has 3 aromatic carbocycles. The van der Waals surface area contributed by atoms with E-state index < -0.39 is 16.1 Å². The molecular weight excluding hydrogens is 384 g/mol. The number of nitrogens with one attached hydrogen (secondary N) is 1. The molecule has 0 spiro atoms. The van der Waals surface area contributed by atoms with Gasteiger partial charge in [0, 0.05) is 17.1 Å². The summed E-state index contributed by atoms with van der Waals surface area (Å²) in [5.74, 6) is 0. The molecule has 1 unspecified atom stereocenters. The number of para-hydroxylation sites is 1. The lowest BCUT2D eigenvalue weighted by molar-refractivity contribution is 0.221. The molecule has 2 N–H and O–H groups in total. The Morgan fingerprint density at radius 1 is 0.931 bits per heavy atom. The molecule has 0 fully saturated rings. The van der Waals surface area contributed by atoms with Crippen molar-refractivity contribution in [2.24, 2.45) is 0 Å². The van der Waals surface area contributed by atoms with Crippen molar-refractivity contribution in [2.45, 2.75) is 17.9 Å². The fraction of sp³-hybridized carbons (Fsp3) is 0.0870. The monoisotopic (exact) mass is 404 g/mol. The van der Waals surface area contributed by atoms with Gasteiger partial charge in [0.1, 0.15) is 11.0 Å². The Labute approximate surface area is 169 Å². The van der Waals surface area contributed by atoms with E-state index in [0.717, 1.165) is 10.9 Å². The number of fused-ring (bicyclic) bond motifs is 1. The van der Waals surface area contributed by atoms with Crippen molar-refractivity contribution in [3.63, 3.8) is 0 Å². The first-order chi connectivity index (χ1) is 14.0. The summed E-state index contributed by atoms with van der Waals surface area (Å²) in [5, 5.41) is 11.6. The number of pyridine rings is 1. The van der Waals surface area contributed by atoms with Gasteiger partial charge in [-0.2, -0.15) is 0 Å². The average Bonchev–Trinajstić information content (AvgIpc) is 2.74. The number of aromatic nitrogens is 1. The Kier molecular flexibility index (Phi) is 5.05. The van der Waals surface area contributed by atoms with Gasteiger partial charge in [-0.3, -0.25) is 9.71 Å². The second kappa shape index (κ2) is 7.66. The van der Waals surface area contributed by atoms with E-state index in [1.165, 1.54) is 6.07 Å². The highest BCUT2D eigenvalue weighted by Gasteiger charge is 2.22. The van der Waals surface area contributed by atoms with Gasteiger partial charge >= 0.3 is 0 Å². The van der Waals surface area contributed by atoms with Crippen LogP contribution in [0.5, 0.6) is 0 Å². The van der Waals surface area contributed by atoms with Gasteiger partial charge in [0.15, 0.2) is 0 Å². The lowest BCUT2D eigenvalue weighted by Gasteiger charge is -2.18. The Morgan fingerprint density at radius 3 is 2.48 bits per heavy atom. The van der Waals surface area contributed by atoms with Crippen LogP contribution in [0.25, 0.3) is 10.9 Å². The van der Waals surface area contributed by atoms with Crippen LogP contribution in [0.3, 0.4) is 0 Å². The number of nitrogens with zero attached hydrogens (tertiary/aromatic N) is 1. The van der Waals surface area contributed by atoms with Gasteiger partial charge in [-0.05, 0) is 30.7 Å². The molecule has 4 aromatic rings. The van der Waals surface area contributed by atoms with Crippen LogP contribution in [0.1, 0.15) is 22.8 Å². The summed E-state index contributed by atoms with van der Waals surface area (Å²) in [5.41, 5.74) is 2.84. The molecule has 0 radical (unpaired) electrons. The zero-order valence-corrected chi connectivity index (χ0v) is 16.6. The topological polar surface area (TPSA) is 79.3 Å². The zero-order chi connectivity index (χ0) is 20.4. The Balaban J connectivity index is 1.78. The van der Waals surface area contributed by atoms with E-state index in [9.17, 15) is 13.5 Å². The van der Waals surface area contributed by atoms with Gasteiger partial charge in [-0.25, -0.2) is 8.42 Å². The number of hydrogen-bond acceptors (Lipinski definition) is 4. The molecule has 5 nitrogen and oxygen atoms in total. The molecule has 0 aliphatic carbocycles. The Hall–Kier alpha value is -3.22. The summed E-state index contributed by atoms with van der Waals surface area (Å²) >= 11 is 0. The molecule has 1 atom stereocenters. The van der Waals surface area contributed by atoms with Crippen LogP contribution in [0, 0.1) is 6.92 Å². The van der Waals surface area contributed by atoms with Gasteiger partial charge in [0.25, 0.3) is 10.0 Å². The number of aryl methyl sites for hydroxylation is 1. The van der Waals surface area contributed by atoms with Crippen molar-refractivity contribution >= 4 is 26.6 Å². The summed E-state index contributed by atoms with van der Waals surface area (Å²) in [6.07, 6.45) is 0.608. The smallest absolute Gasteiger partial charge is 0.264 e. The number of benzene rings is 3. The quantitative estimate of drug-likeness (QED) is 0.516. The van der Waals surface area contributed by atoms with Gasteiger partial charge in [-0.15, -0.1) is 0 Å². The molecular formula is C23H20N2O3S. The van der Waals surface area contributed by atoms with Crippen LogP contribution in [0.2, 0.25) is 0 Å². The predicted octanol–water partition coefficient (Wildman–Crippen LogP) is 4.43. The number of rotatable bonds is 5. The largest absolute Gasteiger partial charge is 0.384 e. The first kappa shape index (κ1) is 19.1. The van der Waals surface area contributed by atoms with Crippen LogP contribution in [-0.2, 0) is 10.0 Å². The van der Waals surface area contributed by atoms with Gasteiger partial charge < -0.3 is 5.11 Å². The van der Waals surface area contributed by atoms with Gasteiger partial charge in [0.2, 0.25) is 0 Å². The van der Waals surface area contributed by atoms with Crippen LogP contribution in [-0.4, -0.2) is 18.5 Å². The fourth-order valence-electron chi connectivity index (χ4n) is 3.31. The standard InChI is InChI=1S/C23H20N2O3S/c1-16-12-13-20(19(15-16)23(26)18-7-3-2-4-8-18)25-29(27,28)21-11-5-9-17-10-6-14-24-22(17)21/h2-15,23,25-26H,1H3. The van der Waals surface area contributed by atoms with E-state index in [1.807, 2.05) is 37.3 Å². The van der Waals surface area contributed by atoms with Crippen LogP contribution < -0.4 is 4.72 Å². The molecule has 29 heavy (non-hydrogen) atoms. The van der Waals surface area contributed by atoms with Crippen molar-refractivity contribution in [1.29, 1.82) is 0 Å². The van der Waals surface area contributed by atoms with Crippen molar-refractivity contribution in [3.8, 4) is 0 Å². The Bertz CT molecular complexity index is 1270. The number of sulfonamides is 1. The fourth-order valence-corrected chi connectivity index (χ4v) is 4.58. The highest BCUT2D eigenvalue weighted by atomic mass is 32.2. The van der Waals surface area contributed by atoms with E-state index in [4.69, 9.17) is 0 Å². The zero-order valence-electron chi connectivity index (χ0n) is 15.8. The SMILES string of the molecule is Cc1ccc(NS(=O)(=O)c2cccc3cccnc23)c(C(O)c2ccccc2)c1. The van der Waals surface area contributed by atoms with E-state index >= 15 is 0 Å². The summed E-state index contributed by atoms with van der Waals surface area (Å²) in [7, 11) is -3.91. The van der Waals surface area contributed by atoms with Crippen molar-refractivity contribution < 1.29 is 13.5 Å². The maximum absolute atomic E-state index is 13.2. The summed E-state index contributed by atoms with van der Waals surface area (Å²) < 4.78 is 29.0. The molecule has 6 heteroatoms. The lowest BCUT2D eigenvalue weighted by Crippen LogP contribution is -2.16. The molecule has 0 saturated carbocycles. The molecule has 4 rings (SSSR count). The molecule has 0 amide bonds. The number of hydrogen-bond donors (Lipinski definition) is 2. The molecule has 1 heterocycles. The van der Waals surface area contributed by atoms with E-state index in [1.54, 1.807) is 48.7 Å². The molecule has 0 saturated heterocycles. The van der Waals surface area contributed by atoms with E-state index in [2.05, 4.69) is 9.71 Å². The minimum Gasteiger partial charge on any atom is -0.384 e. The van der Waals surface area contributed by atoms with E-state index in [-0.39, 0.29) is 4.90 Å². The minimum absolute atomic E-state index is 0.0938. The van der Waals surface area contributed by atoms with Crippen LogP contribution >= 0.6 is 0 Å². The van der Waals surface area contributed by atoms with Gasteiger partial charge in [-0.1, -0.05) is 66.2 Å². The normalized spacial score (nSPS) is 12.6. The van der Waals surface area contributed by atoms with Crippen molar-refractivity contribution in [1.82, 2.24) is 4.98 Å². The second-order valence-corrected chi connectivity index (χ2v) is 8.49. The molecule has 0 aliphatic heterocycles. The average molecular weight is 404 g/mol. The number of aliphatic hydroxyl groups excluding tert-OH is 1. The number of aliphatic hydroxyl groups is 1. The van der Waals surface area contributed by atoms with Crippen molar-refractivity contribution in [3.05, 3.63) is 102 Å². The molecule has 0 bridgehead atoms. The third-order valence-corrected chi connectivity index (χ3v) is 6.14. The maximum atomic E-state index is 13.2. The third kappa shape index (κ3) is 3.85. The molecule has 0 aliphatic rings. The summed E-state index contributed by atoms with van der Waals surface area (Å²) in [6, 6.07) is 23.0. The predicted molar refractivity (Wildman–Crippen MR) is 114 cm³/mol. The summed E-state index contributed by atoms with van der Waals surface area (Å²) in [4.78, 5) is 4.33. The second-order valence-electron chi connectivity index (χ2n) is 6.84. The van der Waals surface area contributed by atoms with Gasteiger partial charge in [0.05, 0.1) is 11.2 Å². The number of anilines is 1. The molecule has 1 aromatic heterocycles. The third-order valence-electron chi connectivity index (χ3n) is 4.75. The minimum atomic E-state index is -3.91. The summed E-state index contributed by atoms with van der Waals surface area (Å²) in [6.45, 7) is 1.90.